The molecule has 4 saturated carbocycles. The van der Waals surface area contributed by atoms with Crippen molar-refractivity contribution in [2.45, 2.75) is 104 Å². The van der Waals surface area contributed by atoms with Gasteiger partial charge in [-0.15, -0.1) is 0 Å². The van der Waals surface area contributed by atoms with Crippen molar-refractivity contribution in [3.8, 4) is 0 Å². The minimum atomic E-state index is -0.260. The summed E-state index contributed by atoms with van der Waals surface area (Å²) in [5, 5.41) is 33.1. The topological polar surface area (TPSA) is 60.7 Å². The fourth-order valence-corrected chi connectivity index (χ4v) is 9.04. The van der Waals surface area contributed by atoms with Gasteiger partial charge in [-0.05, 0) is 104 Å². The smallest absolute Gasteiger partial charge is 0.0602 e. The van der Waals surface area contributed by atoms with Gasteiger partial charge in [0.05, 0.1) is 18.3 Å². The number of hydrogen-bond acceptors (Lipinski definition) is 3. The molecule has 3 heteroatoms. The average molecular weight is 393 g/mol. The van der Waals surface area contributed by atoms with Crippen LogP contribution in [0.4, 0.5) is 0 Å². The molecule has 0 spiro atoms. The van der Waals surface area contributed by atoms with Crippen molar-refractivity contribution in [3.63, 3.8) is 0 Å². The molecule has 4 aliphatic carbocycles. The van der Waals surface area contributed by atoms with Crippen LogP contribution in [0.1, 0.15) is 86.0 Å². The van der Waals surface area contributed by atoms with Crippen molar-refractivity contribution < 1.29 is 15.3 Å². The Morgan fingerprint density at radius 1 is 0.893 bits per heavy atom. The van der Waals surface area contributed by atoms with Crippen LogP contribution in [-0.4, -0.2) is 33.6 Å². The van der Waals surface area contributed by atoms with Gasteiger partial charge in [-0.2, -0.15) is 0 Å². The van der Waals surface area contributed by atoms with Gasteiger partial charge in [-0.3, -0.25) is 0 Å². The molecule has 11 atom stereocenters. The molecule has 0 bridgehead atoms. The lowest BCUT2D eigenvalue weighted by atomic mass is 9.43. The Morgan fingerprint density at radius 3 is 2.29 bits per heavy atom. The van der Waals surface area contributed by atoms with Crippen LogP contribution < -0.4 is 0 Å². The second-order valence-corrected chi connectivity index (χ2v) is 12.1. The van der Waals surface area contributed by atoms with E-state index in [4.69, 9.17) is 0 Å². The van der Waals surface area contributed by atoms with Crippen LogP contribution in [0.25, 0.3) is 0 Å². The summed E-state index contributed by atoms with van der Waals surface area (Å²) in [6, 6.07) is 0. The van der Waals surface area contributed by atoms with Gasteiger partial charge in [0.2, 0.25) is 0 Å². The van der Waals surface area contributed by atoms with Crippen molar-refractivity contribution in [2.24, 2.45) is 52.3 Å². The van der Waals surface area contributed by atoms with Gasteiger partial charge < -0.3 is 15.3 Å². The first-order chi connectivity index (χ1) is 13.1. The van der Waals surface area contributed by atoms with Gasteiger partial charge in [0.15, 0.2) is 0 Å². The fraction of sp³-hybridized carbons (Fsp3) is 1.00. The Bertz CT molecular complexity index is 576. The standard InChI is InChI=1S/C25H44O3/c1-14(2)10-15(3)18-6-7-19-23-20(13-22(28)25(18,19)5)24(4)9-8-17(26)11-16(24)12-21(23)27/h14-23,26-28H,6-13H2,1-5H3/t15-,16+,17-,18-,19?,20?,21-,22+,23?,24+,25-/m1/s1. The van der Waals surface area contributed by atoms with Crippen LogP contribution in [0.5, 0.6) is 0 Å². The monoisotopic (exact) mass is 392 g/mol. The molecule has 3 unspecified atom stereocenters. The maximum atomic E-state index is 11.5. The summed E-state index contributed by atoms with van der Waals surface area (Å²) >= 11 is 0. The molecule has 0 amide bonds. The normalized spacial score (nSPS) is 54.8. The molecular formula is C25H44O3. The highest BCUT2D eigenvalue weighted by atomic mass is 16.3. The summed E-state index contributed by atoms with van der Waals surface area (Å²) in [5.41, 5.74) is 0.126. The Balaban J connectivity index is 1.64. The number of fused-ring (bicyclic) bond motifs is 5. The molecule has 0 aromatic heterocycles. The highest BCUT2D eigenvalue weighted by Crippen LogP contribution is 2.68. The summed E-state index contributed by atoms with van der Waals surface area (Å²) in [7, 11) is 0. The van der Waals surface area contributed by atoms with Gasteiger partial charge in [0.25, 0.3) is 0 Å². The predicted molar refractivity (Wildman–Crippen MR) is 113 cm³/mol. The average Bonchev–Trinajstić information content (AvgIpc) is 2.95. The molecule has 3 N–H and O–H groups in total. The molecule has 4 fully saturated rings. The lowest BCUT2D eigenvalue weighted by Crippen LogP contribution is -2.62. The van der Waals surface area contributed by atoms with E-state index in [2.05, 4.69) is 34.6 Å². The number of hydrogen-bond donors (Lipinski definition) is 3. The minimum absolute atomic E-state index is 0.0478. The highest BCUT2D eigenvalue weighted by molar-refractivity contribution is 5.14. The number of aliphatic hydroxyl groups excluding tert-OH is 3. The van der Waals surface area contributed by atoms with E-state index in [1.54, 1.807) is 0 Å². The zero-order valence-corrected chi connectivity index (χ0v) is 18.8. The van der Waals surface area contributed by atoms with E-state index in [0.717, 1.165) is 32.1 Å². The summed E-state index contributed by atoms with van der Waals surface area (Å²) in [6.45, 7) is 11.8. The van der Waals surface area contributed by atoms with Crippen LogP contribution in [-0.2, 0) is 0 Å². The minimum Gasteiger partial charge on any atom is -0.393 e. The third kappa shape index (κ3) is 3.02. The first-order valence-electron chi connectivity index (χ1n) is 12.1. The van der Waals surface area contributed by atoms with Crippen LogP contribution in [0.15, 0.2) is 0 Å². The van der Waals surface area contributed by atoms with E-state index in [1.807, 2.05) is 0 Å². The molecular weight excluding hydrogens is 348 g/mol. The van der Waals surface area contributed by atoms with E-state index >= 15 is 0 Å². The Labute approximate surface area is 172 Å². The molecule has 4 aliphatic rings. The van der Waals surface area contributed by atoms with E-state index in [9.17, 15) is 15.3 Å². The van der Waals surface area contributed by atoms with Gasteiger partial charge in [0.1, 0.15) is 0 Å². The molecule has 0 radical (unpaired) electrons. The Hall–Kier alpha value is -0.120. The fourth-order valence-electron chi connectivity index (χ4n) is 9.04. The zero-order chi connectivity index (χ0) is 20.4. The van der Waals surface area contributed by atoms with E-state index in [-0.39, 0.29) is 29.1 Å². The Morgan fingerprint density at radius 2 is 1.61 bits per heavy atom. The van der Waals surface area contributed by atoms with Crippen molar-refractivity contribution >= 4 is 0 Å². The predicted octanol–water partition coefficient (Wildman–Crippen LogP) is 4.63. The molecule has 4 rings (SSSR count). The SMILES string of the molecule is CC(C)C[C@@H](C)[C@H]1CCC2C3C(C[C@H](O)[C@@]21C)[C@@]1(C)CC[C@@H](O)C[C@H]1C[C@H]3O. The molecule has 3 nitrogen and oxygen atoms in total. The first kappa shape index (κ1) is 21.1. The van der Waals surface area contributed by atoms with E-state index < -0.39 is 0 Å². The lowest BCUT2D eigenvalue weighted by Gasteiger charge is -2.63. The zero-order valence-electron chi connectivity index (χ0n) is 18.8. The van der Waals surface area contributed by atoms with Crippen LogP contribution in [0.3, 0.4) is 0 Å². The van der Waals surface area contributed by atoms with Crippen molar-refractivity contribution in [3.05, 3.63) is 0 Å². The largest absolute Gasteiger partial charge is 0.393 e. The third-order valence-corrected chi connectivity index (χ3v) is 10.4. The molecule has 28 heavy (non-hydrogen) atoms. The van der Waals surface area contributed by atoms with Crippen LogP contribution in [0.2, 0.25) is 0 Å². The van der Waals surface area contributed by atoms with Gasteiger partial charge in [0, 0.05) is 0 Å². The summed E-state index contributed by atoms with van der Waals surface area (Å²) in [6.07, 6.45) is 7.37. The molecule has 0 saturated heterocycles. The molecule has 0 aliphatic heterocycles. The van der Waals surface area contributed by atoms with Gasteiger partial charge in [-0.1, -0.05) is 34.6 Å². The second-order valence-electron chi connectivity index (χ2n) is 12.1. The third-order valence-electron chi connectivity index (χ3n) is 10.4. The molecule has 0 aromatic carbocycles. The number of rotatable bonds is 3. The summed E-state index contributed by atoms with van der Waals surface area (Å²) in [4.78, 5) is 0. The Kier molecular flexibility index (Phi) is 5.46. The summed E-state index contributed by atoms with van der Waals surface area (Å²) < 4.78 is 0. The maximum absolute atomic E-state index is 11.5. The lowest BCUT2D eigenvalue weighted by molar-refractivity contribution is -0.207. The van der Waals surface area contributed by atoms with Crippen LogP contribution in [0, 0.1) is 52.3 Å². The van der Waals surface area contributed by atoms with Crippen LogP contribution >= 0.6 is 0 Å². The van der Waals surface area contributed by atoms with Gasteiger partial charge in [-0.25, -0.2) is 0 Å². The first-order valence-corrected chi connectivity index (χ1v) is 12.1. The van der Waals surface area contributed by atoms with Crippen molar-refractivity contribution in [2.75, 3.05) is 0 Å². The number of aliphatic hydroxyl groups is 3. The second kappa shape index (κ2) is 7.24. The van der Waals surface area contributed by atoms with Gasteiger partial charge >= 0.3 is 0 Å². The summed E-state index contributed by atoms with van der Waals surface area (Å²) in [5.74, 6) is 3.49. The highest BCUT2D eigenvalue weighted by Gasteiger charge is 2.65. The molecule has 0 aromatic rings. The quantitative estimate of drug-likeness (QED) is 0.656. The van der Waals surface area contributed by atoms with E-state index in [1.165, 1.54) is 19.3 Å². The molecule has 0 heterocycles. The maximum Gasteiger partial charge on any atom is 0.0602 e. The van der Waals surface area contributed by atoms with Crippen molar-refractivity contribution in [1.29, 1.82) is 0 Å². The molecule has 162 valence electrons. The van der Waals surface area contributed by atoms with Crippen molar-refractivity contribution in [1.82, 2.24) is 0 Å². The van der Waals surface area contributed by atoms with E-state index in [0.29, 0.717) is 41.4 Å².